The van der Waals surface area contributed by atoms with Gasteiger partial charge in [-0.15, -0.1) is 0 Å². The summed E-state index contributed by atoms with van der Waals surface area (Å²) in [7, 11) is 0. The van der Waals surface area contributed by atoms with Crippen LogP contribution in [0.15, 0.2) is 36.4 Å². The molecular weight excluding hydrogens is 560 g/mol. The molecule has 0 radical (unpaired) electrons. The molecule has 8 heteroatoms. The molecule has 4 saturated carbocycles. The number of carbonyl (C=O) groups excluding carboxylic acids is 1. The van der Waals surface area contributed by atoms with Gasteiger partial charge in [-0.3, -0.25) is 4.79 Å². The molecule has 2 aromatic carbocycles. The molecule has 1 aromatic heterocycles. The Balaban J connectivity index is 1.21. The second-order valence-corrected chi connectivity index (χ2v) is 13.1. The van der Waals surface area contributed by atoms with Crippen LogP contribution in [-0.4, -0.2) is 22.2 Å². The first-order valence-corrected chi connectivity index (χ1v) is 15.1. The third kappa shape index (κ3) is 4.98. The Bertz CT molecular complexity index is 1360. The van der Waals surface area contributed by atoms with Gasteiger partial charge in [-0.1, -0.05) is 52.5 Å². The molecule has 0 aliphatic heterocycles. The van der Waals surface area contributed by atoms with Crippen molar-refractivity contribution in [3.8, 4) is 16.9 Å². The van der Waals surface area contributed by atoms with Crippen LogP contribution in [0.2, 0.25) is 20.1 Å². The number of halogens is 4. The Morgan fingerprint density at radius 3 is 2.29 bits per heavy atom. The third-order valence-corrected chi connectivity index (χ3v) is 10.4. The first-order valence-electron chi connectivity index (χ1n) is 13.6. The van der Waals surface area contributed by atoms with E-state index in [2.05, 4.69) is 5.32 Å². The van der Waals surface area contributed by atoms with Crippen molar-refractivity contribution in [2.24, 2.45) is 29.6 Å². The fourth-order valence-electron chi connectivity index (χ4n) is 7.65. The zero-order valence-electron chi connectivity index (χ0n) is 21.3. The van der Waals surface area contributed by atoms with Crippen LogP contribution in [0.4, 0.5) is 0 Å². The number of nitrogens with zero attached hydrogens (tertiary/aromatic N) is 2. The van der Waals surface area contributed by atoms with Crippen LogP contribution in [0, 0.1) is 36.5 Å². The van der Waals surface area contributed by atoms with Crippen LogP contribution in [0.25, 0.3) is 16.9 Å². The van der Waals surface area contributed by atoms with E-state index in [1.807, 2.05) is 13.0 Å². The van der Waals surface area contributed by atoms with Crippen molar-refractivity contribution in [2.45, 2.75) is 51.9 Å². The second-order valence-electron chi connectivity index (χ2n) is 11.5. The average molecular weight is 591 g/mol. The summed E-state index contributed by atoms with van der Waals surface area (Å²) < 4.78 is 1.69. The van der Waals surface area contributed by atoms with Crippen LogP contribution in [0.3, 0.4) is 0 Å². The van der Waals surface area contributed by atoms with Crippen LogP contribution in [0.5, 0.6) is 0 Å². The topological polar surface area (TPSA) is 46.9 Å². The molecule has 4 aliphatic carbocycles. The molecule has 38 heavy (non-hydrogen) atoms. The molecule has 7 rings (SSSR count). The van der Waals surface area contributed by atoms with Crippen LogP contribution in [-0.2, 0) is 0 Å². The second kappa shape index (κ2) is 10.7. The summed E-state index contributed by atoms with van der Waals surface area (Å²) in [6.07, 6.45) is 9.43. The van der Waals surface area contributed by atoms with Crippen molar-refractivity contribution in [3.05, 3.63) is 67.7 Å². The van der Waals surface area contributed by atoms with Gasteiger partial charge in [0.15, 0.2) is 5.69 Å². The zero-order valence-corrected chi connectivity index (χ0v) is 24.3. The monoisotopic (exact) mass is 589 g/mol. The van der Waals surface area contributed by atoms with E-state index < -0.39 is 0 Å². The van der Waals surface area contributed by atoms with E-state index in [0.29, 0.717) is 38.0 Å². The summed E-state index contributed by atoms with van der Waals surface area (Å²) in [5.41, 5.74) is 3.25. The van der Waals surface area contributed by atoms with Crippen molar-refractivity contribution < 1.29 is 4.79 Å². The molecule has 1 heterocycles. The number of carbonyl (C=O) groups is 1. The first kappa shape index (κ1) is 26.5. The van der Waals surface area contributed by atoms with E-state index in [4.69, 9.17) is 51.5 Å². The Kier molecular flexibility index (Phi) is 7.45. The van der Waals surface area contributed by atoms with Gasteiger partial charge in [0.05, 0.1) is 26.4 Å². The standard InChI is InChI=1S/C30H31Cl4N3O/c1-16-28(30(38)35-8-2-3-23-20-10-17-9-18(12-20)13-21(23)11-17)36-37(27-7-5-22(31)15-26(27)34)29(16)19-4-6-24(32)25(33)14-19/h4-7,14-15,17-18,20-21,23H,2-3,8-13H2,1H3,(H,35,38). The van der Waals surface area contributed by atoms with Gasteiger partial charge in [-0.05, 0) is 112 Å². The van der Waals surface area contributed by atoms with Crippen LogP contribution >= 0.6 is 46.4 Å². The van der Waals surface area contributed by atoms with Gasteiger partial charge in [0.25, 0.3) is 5.91 Å². The molecule has 1 N–H and O–H groups in total. The van der Waals surface area contributed by atoms with Gasteiger partial charge in [-0.25, -0.2) is 4.68 Å². The summed E-state index contributed by atoms with van der Waals surface area (Å²) in [4.78, 5) is 13.4. The highest BCUT2D eigenvalue weighted by Gasteiger charge is 2.47. The van der Waals surface area contributed by atoms with Gasteiger partial charge in [0.2, 0.25) is 0 Å². The molecule has 4 fully saturated rings. The maximum absolute atomic E-state index is 13.4. The Morgan fingerprint density at radius 1 is 0.921 bits per heavy atom. The number of benzene rings is 2. The number of rotatable bonds is 7. The summed E-state index contributed by atoms with van der Waals surface area (Å²) in [5, 5.41) is 9.70. The Hall–Kier alpha value is -1.72. The highest BCUT2D eigenvalue weighted by molar-refractivity contribution is 6.42. The zero-order chi connectivity index (χ0) is 26.6. The van der Waals surface area contributed by atoms with Crippen molar-refractivity contribution in [1.82, 2.24) is 15.1 Å². The Morgan fingerprint density at radius 2 is 1.63 bits per heavy atom. The molecule has 0 atom stereocenters. The fourth-order valence-corrected chi connectivity index (χ4v) is 8.44. The quantitative estimate of drug-likeness (QED) is 0.279. The minimum Gasteiger partial charge on any atom is -0.351 e. The summed E-state index contributed by atoms with van der Waals surface area (Å²) in [6.45, 7) is 2.55. The van der Waals surface area contributed by atoms with Gasteiger partial charge < -0.3 is 5.32 Å². The molecule has 4 bridgehead atoms. The lowest BCUT2D eigenvalue weighted by Crippen LogP contribution is -2.45. The summed E-state index contributed by atoms with van der Waals surface area (Å²) >= 11 is 25.2. The molecule has 0 saturated heterocycles. The van der Waals surface area contributed by atoms with Gasteiger partial charge in [0.1, 0.15) is 0 Å². The minimum absolute atomic E-state index is 0.183. The van der Waals surface area contributed by atoms with E-state index >= 15 is 0 Å². The third-order valence-electron chi connectivity index (χ3n) is 9.09. The Labute approximate surface area is 244 Å². The highest BCUT2D eigenvalue weighted by Crippen LogP contribution is 2.57. The molecular formula is C30H31Cl4N3O. The van der Waals surface area contributed by atoms with Crippen molar-refractivity contribution in [1.29, 1.82) is 0 Å². The predicted molar refractivity (Wildman–Crippen MR) is 156 cm³/mol. The average Bonchev–Trinajstić information content (AvgIpc) is 3.21. The number of amides is 1. The smallest absolute Gasteiger partial charge is 0.272 e. The lowest BCUT2D eigenvalue weighted by molar-refractivity contribution is -0.0401. The molecule has 4 aliphatic rings. The maximum Gasteiger partial charge on any atom is 0.272 e. The molecule has 0 spiro atoms. The fraction of sp³-hybridized carbons (Fsp3) is 0.467. The summed E-state index contributed by atoms with van der Waals surface area (Å²) in [6, 6.07) is 10.6. The van der Waals surface area contributed by atoms with E-state index in [1.54, 1.807) is 35.0 Å². The minimum atomic E-state index is -0.183. The van der Waals surface area contributed by atoms with E-state index in [9.17, 15) is 4.79 Å². The number of hydrogen-bond donors (Lipinski definition) is 1. The van der Waals surface area contributed by atoms with Crippen molar-refractivity contribution >= 4 is 52.3 Å². The number of aromatic nitrogens is 2. The largest absolute Gasteiger partial charge is 0.351 e. The lowest BCUT2D eigenvalue weighted by atomic mass is 9.51. The number of nitrogens with one attached hydrogen (secondary N) is 1. The van der Waals surface area contributed by atoms with Gasteiger partial charge >= 0.3 is 0 Å². The molecule has 0 unspecified atom stereocenters. The molecule has 1 amide bonds. The van der Waals surface area contributed by atoms with E-state index in [-0.39, 0.29) is 5.91 Å². The van der Waals surface area contributed by atoms with Crippen LogP contribution < -0.4 is 5.32 Å². The van der Waals surface area contributed by atoms with Crippen molar-refractivity contribution in [2.75, 3.05) is 6.54 Å². The van der Waals surface area contributed by atoms with E-state index in [0.717, 1.165) is 52.8 Å². The van der Waals surface area contributed by atoms with Gasteiger partial charge in [0, 0.05) is 22.7 Å². The molecule has 4 nitrogen and oxygen atoms in total. The maximum atomic E-state index is 13.4. The van der Waals surface area contributed by atoms with Gasteiger partial charge in [-0.2, -0.15) is 5.10 Å². The predicted octanol–water partition coefficient (Wildman–Crippen LogP) is 9.04. The summed E-state index contributed by atoms with van der Waals surface area (Å²) in [5.74, 6) is 4.47. The van der Waals surface area contributed by atoms with Crippen molar-refractivity contribution in [3.63, 3.8) is 0 Å². The molecule has 200 valence electrons. The number of hydrogen-bond acceptors (Lipinski definition) is 2. The van der Waals surface area contributed by atoms with Crippen LogP contribution in [0.1, 0.15) is 61.0 Å². The highest BCUT2D eigenvalue weighted by atomic mass is 35.5. The molecule has 3 aromatic rings. The SMILES string of the molecule is Cc1c(C(=O)NCCCC2C3CC4CC(C3)CC2C4)nn(-c2ccc(Cl)cc2Cl)c1-c1ccc(Cl)c(Cl)c1. The lowest BCUT2D eigenvalue weighted by Gasteiger charge is -2.54. The van der Waals surface area contributed by atoms with E-state index in [1.165, 1.54) is 38.5 Å². The first-order chi connectivity index (χ1) is 18.3. The normalized spacial score (nSPS) is 25.7.